The standard InChI is InChI=1S/C16H18N2O4/c1-3-11-18-15(19)10-9-12(17-18)16(20)22-14-8-6-5-7-13(14)21-4-2/h5-10H,3-4,11H2,1-2H3. The lowest BCUT2D eigenvalue weighted by atomic mass is 10.3. The molecule has 0 aliphatic carbocycles. The first-order valence-corrected chi connectivity index (χ1v) is 7.17. The lowest BCUT2D eigenvalue weighted by molar-refractivity contribution is 0.0719. The zero-order valence-electron chi connectivity index (χ0n) is 12.6. The highest BCUT2D eigenvalue weighted by Crippen LogP contribution is 2.26. The molecule has 1 heterocycles. The van der Waals surface area contributed by atoms with Gasteiger partial charge in [-0.1, -0.05) is 19.1 Å². The number of hydrogen-bond acceptors (Lipinski definition) is 5. The van der Waals surface area contributed by atoms with E-state index >= 15 is 0 Å². The fourth-order valence-electron chi connectivity index (χ4n) is 1.89. The largest absolute Gasteiger partial charge is 0.490 e. The molecule has 0 saturated heterocycles. The van der Waals surface area contributed by atoms with Crippen LogP contribution in [-0.2, 0) is 6.54 Å². The molecule has 1 aromatic heterocycles. The van der Waals surface area contributed by atoms with Crippen LogP contribution in [0.5, 0.6) is 11.5 Å². The highest BCUT2D eigenvalue weighted by Gasteiger charge is 2.14. The Bertz CT molecular complexity index is 709. The molecule has 2 rings (SSSR count). The van der Waals surface area contributed by atoms with Crippen molar-refractivity contribution in [3.05, 3.63) is 52.4 Å². The van der Waals surface area contributed by atoms with Gasteiger partial charge in [-0.3, -0.25) is 4.79 Å². The van der Waals surface area contributed by atoms with E-state index in [0.717, 1.165) is 6.42 Å². The van der Waals surface area contributed by atoms with Crippen LogP contribution in [0.4, 0.5) is 0 Å². The third kappa shape index (κ3) is 3.72. The molecule has 0 N–H and O–H groups in total. The number of para-hydroxylation sites is 2. The quantitative estimate of drug-likeness (QED) is 0.604. The van der Waals surface area contributed by atoms with Gasteiger partial charge >= 0.3 is 5.97 Å². The lowest BCUT2D eigenvalue weighted by Crippen LogP contribution is -2.25. The van der Waals surface area contributed by atoms with E-state index in [1.807, 2.05) is 13.8 Å². The third-order valence-electron chi connectivity index (χ3n) is 2.86. The summed E-state index contributed by atoms with van der Waals surface area (Å²) in [5.74, 6) is 0.182. The first-order valence-electron chi connectivity index (χ1n) is 7.17. The van der Waals surface area contributed by atoms with Crippen molar-refractivity contribution in [2.24, 2.45) is 0 Å². The molecule has 0 bridgehead atoms. The van der Waals surface area contributed by atoms with Crippen LogP contribution >= 0.6 is 0 Å². The maximum atomic E-state index is 12.2. The number of ether oxygens (including phenoxy) is 2. The predicted molar refractivity (Wildman–Crippen MR) is 81.4 cm³/mol. The van der Waals surface area contributed by atoms with E-state index in [1.165, 1.54) is 16.8 Å². The highest BCUT2D eigenvalue weighted by molar-refractivity contribution is 5.89. The van der Waals surface area contributed by atoms with Crippen molar-refractivity contribution < 1.29 is 14.3 Å². The highest BCUT2D eigenvalue weighted by atomic mass is 16.6. The first kappa shape index (κ1) is 15.8. The Morgan fingerprint density at radius 3 is 2.55 bits per heavy atom. The predicted octanol–water partition coefficient (Wildman–Crippen LogP) is 2.27. The van der Waals surface area contributed by atoms with Gasteiger partial charge in [0.2, 0.25) is 0 Å². The third-order valence-corrected chi connectivity index (χ3v) is 2.86. The minimum atomic E-state index is -0.628. The van der Waals surface area contributed by atoms with Gasteiger partial charge in [-0.25, -0.2) is 9.48 Å². The number of aromatic nitrogens is 2. The average Bonchev–Trinajstić information content (AvgIpc) is 2.52. The van der Waals surface area contributed by atoms with Crippen molar-refractivity contribution in [1.29, 1.82) is 0 Å². The first-order chi connectivity index (χ1) is 10.7. The van der Waals surface area contributed by atoms with Crippen molar-refractivity contribution >= 4 is 5.97 Å². The van der Waals surface area contributed by atoms with Gasteiger partial charge in [-0.15, -0.1) is 0 Å². The van der Waals surface area contributed by atoms with Gasteiger partial charge in [0.1, 0.15) is 0 Å². The summed E-state index contributed by atoms with van der Waals surface area (Å²) in [7, 11) is 0. The number of nitrogens with zero attached hydrogens (tertiary/aromatic N) is 2. The van der Waals surface area contributed by atoms with Crippen LogP contribution in [0.3, 0.4) is 0 Å². The molecule has 2 aromatic rings. The molecule has 0 atom stereocenters. The normalized spacial score (nSPS) is 10.3. The second-order valence-corrected chi connectivity index (χ2v) is 4.55. The Kier molecular flexibility index (Phi) is 5.30. The zero-order valence-corrected chi connectivity index (χ0v) is 12.6. The molecule has 0 unspecified atom stereocenters. The molecule has 6 heteroatoms. The monoisotopic (exact) mass is 302 g/mol. The van der Waals surface area contributed by atoms with Gasteiger partial charge in [-0.2, -0.15) is 5.10 Å². The SMILES string of the molecule is CCCn1nc(C(=O)Oc2ccccc2OCC)ccc1=O. The van der Waals surface area contributed by atoms with Crippen molar-refractivity contribution in [3.63, 3.8) is 0 Å². The second-order valence-electron chi connectivity index (χ2n) is 4.55. The molecule has 0 radical (unpaired) electrons. The molecule has 22 heavy (non-hydrogen) atoms. The number of rotatable bonds is 6. The molecular formula is C16H18N2O4. The molecule has 1 aromatic carbocycles. The summed E-state index contributed by atoms with van der Waals surface area (Å²) >= 11 is 0. The van der Waals surface area contributed by atoms with Crippen LogP contribution in [0.15, 0.2) is 41.2 Å². The van der Waals surface area contributed by atoms with Crippen LogP contribution in [0.2, 0.25) is 0 Å². The lowest BCUT2D eigenvalue weighted by Gasteiger charge is -2.10. The Balaban J connectivity index is 2.22. The van der Waals surface area contributed by atoms with Gasteiger partial charge in [0.05, 0.1) is 6.61 Å². The maximum Gasteiger partial charge on any atom is 0.364 e. The van der Waals surface area contributed by atoms with E-state index in [1.54, 1.807) is 24.3 Å². The summed E-state index contributed by atoms with van der Waals surface area (Å²) in [4.78, 5) is 23.8. The maximum absolute atomic E-state index is 12.2. The Morgan fingerprint density at radius 2 is 1.86 bits per heavy atom. The number of aryl methyl sites for hydroxylation is 1. The van der Waals surface area contributed by atoms with Crippen LogP contribution < -0.4 is 15.0 Å². The van der Waals surface area contributed by atoms with Gasteiger partial charge in [0.25, 0.3) is 5.56 Å². The molecule has 0 amide bonds. The minimum absolute atomic E-state index is 0.0827. The summed E-state index contributed by atoms with van der Waals surface area (Å²) in [6.07, 6.45) is 0.749. The summed E-state index contributed by atoms with van der Waals surface area (Å²) in [6.45, 7) is 4.70. The van der Waals surface area contributed by atoms with Crippen molar-refractivity contribution in [3.8, 4) is 11.5 Å². The molecule has 6 nitrogen and oxygen atoms in total. The number of benzene rings is 1. The summed E-state index contributed by atoms with van der Waals surface area (Å²) in [5.41, 5.74) is -0.160. The van der Waals surface area contributed by atoms with Crippen LogP contribution in [0.25, 0.3) is 0 Å². The Labute approximate surface area is 128 Å². The van der Waals surface area contributed by atoms with Crippen LogP contribution in [0.1, 0.15) is 30.8 Å². The summed E-state index contributed by atoms with van der Waals surface area (Å²) in [5, 5.41) is 4.02. The van der Waals surface area contributed by atoms with E-state index in [4.69, 9.17) is 9.47 Å². The fourth-order valence-corrected chi connectivity index (χ4v) is 1.89. The summed E-state index contributed by atoms with van der Waals surface area (Å²) < 4.78 is 12.0. The molecule has 0 saturated carbocycles. The molecule has 0 aliphatic heterocycles. The topological polar surface area (TPSA) is 70.4 Å². The van der Waals surface area contributed by atoms with Gasteiger partial charge in [0.15, 0.2) is 17.2 Å². The molecule has 0 aliphatic rings. The second kappa shape index (κ2) is 7.40. The van der Waals surface area contributed by atoms with Crippen LogP contribution in [-0.4, -0.2) is 22.4 Å². The van der Waals surface area contributed by atoms with Crippen molar-refractivity contribution in [1.82, 2.24) is 9.78 Å². The van der Waals surface area contributed by atoms with Gasteiger partial charge < -0.3 is 9.47 Å². The number of carbonyl (C=O) groups excluding carboxylic acids is 1. The molecule has 116 valence electrons. The molecule has 0 fully saturated rings. The van der Waals surface area contributed by atoms with Crippen molar-refractivity contribution in [2.75, 3.05) is 6.61 Å². The van der Waals surface area contributed by atoms with E-state index < -0.39 is 5.97 Å². The number of carbonyl (C=O) groups is 1. The van der Waals surface area contributed by atoms with Crippen molar-refractivity contribution in [2.45, 2.75) is 26.8 Å². The summed E-state index contributed by atoms with van der Waals surface area (Å²) in [6, 6.07) is 9.58. The van der Waals surface area contributed by atoms with Gasteiger partial charge in [-0.05, 0) is 31.5 Å². The molecular weight excluding hydrogens is 284 g/mol. The Hall–Kier alpha value is -2.63. The smallest absolute Gasteiger partial charge is 0.364 e. The minimum Gasteiger partial charge on any atom is -0.490 e. The average molecular weight is 302 g/mol. The van der Waals surface area contributed by atoms with E-state index in [-0.39, 0.29) is 11.3 Å². The van der Waals surface area contributed by atoms with Crippen LogP contribution in [0, 0.1) is 0 Å². The van der Waals surface area contributed by atoms with E-state index in [9.17, 15) is 9.59 Å². The zero-order chi connectivity index (χ0) is 15.9. The van der Waals surface area contributed by atoms with E-state index in [0.29, 0.717) is 24.7 Å². The molecule has 0 spiro atoms. The fraction of sp³-hybridized carbons (Fsp3) is 0.312. The number of hydrogen-bond donors (Lipinski definition) is 0. The van der Waals surface area contributed by atoms with Gasteiger partial charge in [0, 0.05) is 12.6 Å². The number of esters is 1. The Morgan fingerprint density at radius 1 is 1.14 bits per heavy atom. The van der Waals surface area contributed by atoms with E-state index in [2.05, 4.69) is 5.10 Å².